The van der Waals surface area contributed by atoms with E-state index in [-0.39, 0.29) is 0 Å². The molecule has 0 radical (unpaired) electrons. The first-order chi connectivity index (χ1) is 6.92. The van der Waals surface area contributed by atoms with Crippen molar-refractivity contribution in [1.29, 1.82) is 0 Å². The first-order valence-corrected chi connectivity index (χ1v) is 4.14. The van der Waals surface area contributed by atoms with E-state index in [4.69, 9.17) is 0 Å². The molecule has 8 heteroatoms. The molecule has 0 saturated carbocycles. The summed E-state index contributed by atoms with van der Waals surface area (Å²) >= 11 is 0. The van der Waals surface area contributed by atoms with Crippen molar-refractivity contribution in [3.63, 3.8) is 0 Å². The Kier molecular flexibility index (Phi) is 3.89. The van der Waals surface area contributed by atoms with Crippen molar-refractivity contribution in [3.05, 3.63) is 0 Å². The number of hydrogen-bond donors (Lipinski definition) is 0. The second-order valence-electron chi connectivity index (χ2n) is 3.45. The van der Waals surface area contributed by atoms with Gasteiger partial charge in [0, 0.05) is 0 Å². The van der Waals surface area contributed by atoms with Gasteiger partial charge in [-0.3, -0.25) is 4.79 Å². The zero-order valence-corrected chi connectivity index (χ0v) is 8.66. The molecule has 0 aliphatic heterocycles. The summed E-state index contributed by atoms with van der Waals surface area (Å²) in [6, 6.07) is 0. The first kappa shape index (κ1) is 15.0. The van der Waals surface area contributed by atoms with Crippen LogP contribution in [-0.2, 0) is 9.53 Å². The molecule has 0 amide bonds. The number of hydrogen-bond acceptors (Lipinski definition) is 2. The second kappa shape index (κ2) is 4.14. The lowest BCUT2D eigenvalue weighted by Gasteiger charge is -2.37. The Morgan fingerprint density at radius 2 is 1.31 bits per heavy atom. The van der Waals surface area contributed by atoms with Crippen LogP contribution in [-0.4, -0.2) is 25.4 Å². The minimum atomic E-state index is -5.76. The number of carbonyl (C=O) groups excluding carboxylic acids is 1. The van der Waals surface area contributed by atoms with E-state index in [9.17, 15) is 31.1 Å². The van der Waals surface area contributed by atoms with Gasteiger partial charge in [-0.1, -0.05) is 13.8 Å². The number of methoxy groups -OCH3 is 1. The quantitative estimate of drug-likeness (QED) is 0.558. The van der Waals surface area contributed by atoms with E-state index in [1.807, 2.05) is 0 Å². The zero-order valence-electron chi connectivity index (χ0n) is 8.66. The topological polar surface area (TPSA) is 26.3 Å². The van der Waals surface area contributed by atoms with Gasteiger partial charge in [-0.15, -0.1) is 0 Å². The van der Waals surface area contributed by atoms with Gasteiger partial charge >= 0.3 is 18.3 Å². The predicted molar refractivity (Wildman–Crippen MR) is 41.4 cm³/mol. The van der Waals surface area contributed by atoms with Crippen molar-refractivity contribution in [2.24, 2.45) is 11.3 Å². The van der Waals surface area contributed by atoms with E-state index in [1.54, 1.807) is 0 Å². The van der Waals surface area contributed by atoms with Crippen LogP contribution < -0.4 is 0 Å². The summed E-state index contributed by atoms with van der Waals surface area (Å²) in [6.45, 7) is 1.33. The van der Waals surface area contributed by atoms with Gasteiger partial charge < -0.3 is 4.74 Å². The van der Waals surface area contributed by atoms with Gasteiger partial charge in [0.1, 0.15) is 0 Å². The largest absolute Gasteiger partial charge is 0.468 e. The molecule has 0 spiro atoms. The zero-order chi connectivity index (χ0) is 13.4. The molecule has 0 aromatic heterocycles. The molecular formula is C8H10F6O2. The Morgan fingerprint density at radius 3 is 1.38 bits per heavy atom. The maximum atomic E-state index is 12.5. The molecule has 96 valence electrons. The summed E-state index contributed by atoms with van der Waals surface area (Å²) in [5.74, 6) is -4.36. The van der Waals surface area contributed by atoms with Gasteiger partial charge in [-0.05, 0) is 5.92 Å². The van der Waals surface area contributed by atoms with E-state index < -0.39 is 29.7 Å². The van der Waals surface area contributed by atoms with Gasteiger partial charge in [0.05, 0.1) is 7.11 Å². The molecule has 0 N–H and O–H groups in total. The summed E-state index contributed by atoms with van der Waals surface area (Å²) in [5, 5.41) is 0. The Hall–Kier alpha value is -0.950. The minimum Gasteiger partial charge on any atom is -0.468 e. The lowest BCUT2D eigenvalue weighted by atomic mass is 9.75. The maximum Gasteiger partial charge on any atom is 0.414 e. The maximum absolute atomic E-state index is 12.5. The van der Waals surface area contributed by atoms with Crippen molar-refractivity contribution in [3.8, 4) is 0 Å². The van der Waals surface area contributed by atoms with Crippen LogP contribution in [0.25, 0.3) is 0 Å². The highest BCUT2D eigenvalue weighted by Gasteiger charge is 2.77. The minimum absolute atomic E-state index is 0.483. The van der Waals surface area contributed by atoms with Crippen molar-refractivity contribution in [2.45, 2.75) is 26.2 Å². The van der Waals surface area contributed by atoms with Crippen molar-refractivity contribution >= 4 is 5.97 Å². The third kappa shape index (κ3) is 1.97. The van der Waals surface area contributed by atoms with E-state index in [0.717, 1.165) is 0 Å². The highest BCUT2D eigenvalue weighted by Crippen LogP contribution is 2.55. The number of esters is 1. The summed E-state index contributed by atoms with van der Waals surface area (Å²) in [7, 11) is 0.483. The summed E-state index contributed by atoms with van der Waals surface area (Å²) in [4.78, 5) is 10.9. The van der Waals surface area contributed by atoms with Crippen LogP contribution in [0.15, 0.2) is 0 Å². The molecule has 0 aliphatic rings. The van der Waals surface area contributed by atoms with Crippen LogP contribution in [0.3, 0.4) is 0 Å². The fourth-order valence-corrected chi connectivity index (χ4v) is 1.44. The smallest absolute Gasteiger partial charge is 0.414 e. The predicted octanol–water partition coefficient (Wildman–Crippen LogP) is 2.93. The standard InChI is InChI=1S/C8H10F6O2/c1-4(2)6(5(15)16-3,7(9,10)11)8(12,13)14/h4H,1-3H3. The molecule has 0 fully saturated rings. The molecule has 0 aliphatic carbocycles. The molecule has 0 unspecified atom stereocenters. The van der Waals surface area contributed by atoms with Crippen LogP contribution in [0, 0.1) is 11.3 Å². The molecule has 0 saturated heterocycles. The molecule has 0 heterocycles. The summed E-state index contributed by atoms with van der Waals surface area (Å²) in [6.07, 6.45) is -11.5. The van der Waals surface area contributed by atoms with E-state index in [0.29, 0.717) is 21.0 Å². The van der Waals surface area contributed by atoms with Crippen molar-refractivity contribution in [2.75, 3.05) is 7.11 Å². The summed E-state index contributed by atoms with van der Waals surface area (Å²) in [5.41, 5.74) is -4.48. The molecule has 0 bridgehead atoms. The molecule has 0 atom stereocenters. The molecule has 0 aromatic carbocycles. The third-order valence-corrected chi connectivity index (χ3v) is 2.27. The van der Waals surface area contributed by atoms with Crippen LogP contribution in [0.2, 0.25) is 0 Å². The Balaban J connectivity index is 5.92. The fourth-order valence-electron chi connectivity index (χ4n) is 1.44. The number of rotatable bonds is 2. The van der Waals surface area contributed by atoms with Crippen molar-refractivity contribution in [1.82, 2.24) is 0 Å². The number of halogens is 6. The lowest BCUT2D eigenvalue weighted by molar-refractivity contribution is -0.344. The van der Waals surface area contributed by atoms with Crippen LogP contribution in [0.5, 0.6) is 0 Å². The fraction of sp³-hybridized carbons (Fsp3) is 0.875. The highest BCUT2D eigenvalue weighted by molar-refractivity contribution is 5.79. The lowest BCUT2D eigenvalue weighted by Crippen LogP contribution is -2.59. The Bertz CT molecular complexity index is 251. The van der Waals surface area contributed by atoms with Crippen LogP contribution in [0.1, 0.15) is 13.8 Å². The van der Waals surface area contributed by atoms with Crippen molar-refractivity contribution < 1.29 is 35.9 Å². The average Bonchev–Trinajstić information content (AvgIpc) is 1.98. The molecule has 2 nitrogen and oxygen atoms in total. The number of carbonyl (C=O) groups is 1. The average molecular weight is 252 g/mol. The highest BCUT2D eigenvalue weighted by atomic mass is 19.4. The number of ether oxygens (including phenoxy) is 1. The number of alkyl halides is 6. The van der Waals surface area contributed by atoms with Crippen LogP contribution in [0.4, 0.5) is 26.3 Å². The van der Waals surface area contributed by atoms with Gasteiger partial charge in [0.25, 0.3) is 5.41 Å². The molecule has 0 rings (SSSR count). The first-order valence-electron chi connectivity index (χ1n) is 4.14. The van der Waals surface area contributed by atoms with E-state index >= 15 is 0 Å². The Morgan fingerprint density at radius 1 is 1.00 bits per heavy atom. The van der Waals surface area contributed by atoms with E-state index in [2.05, 4.69) is 4.74 Å². The SMILES string of the molecule is COC(=O)C(C(C)C)(C(F)(F)F)C(F)(F)F. The third-order valence-electron chi connectivity index (χ3n) is 2.27. The van der Waals surface area contributed by atoms with Gasteiger partial charge in [-0.25, -0.2) is 0 Å². The monoisotopic (exact) mass is 252 g/mol. The summed E-state index contributed by atoms with van der Waals surface area (Å²) < 4.78 is 78.9. The van der Waals surface area contributed by atoms with Gasteiger partial charge in [-0.2, -0.15) is 26.3 Å². The van der Waals surface area contributed by atoms with Crippen LogP contribution >= 0.6 is 0 Å². The molecular weight excluding hydrogens is 242 g/mol. The molecule has 16 heavy (non-hydrogen) atoms. The van der Waals surface area contributed by atoms with Gasteiger partial charge in [0.15, 0.2) is 0 Å². The normalized spacial score (nSPS) is 14.1. The van der Waals surface area contributed by atoms with Gasteiger partial charge in [0.2, 0.25) is 0 Å². The second-order valence-corrected chi connectivity index (χ2v) is 3.45. The Labute approximate surface area is 87.6 Å². The van der Waals surface area contributed by atoms with E-state index in [1.165, 1.54) is 0 Å². The molecule has 0 aromatic rings.